The third-order valence-corrected chi connectivity index (χ3v) is 3.53. The van der Waals surface area contributed by atoms with Crippen LogP contribution in [0.4, 0.5) is 0 Å². The van der Waals surface area contributed by atoms with Crippen molar-refractivity contribution in [2.45, 2.75) is 46.0 Å². The van der Waals surface area contributed by atoms with Crippen molar-refractivity contribution in [1.29, 1.82) is 0 Å². The molecule has 0 amide bonds. The second-order valence-electron chi connectivity index (χ2n) is 3.64. The zero-order chi connectivity index (χ0) is 12.4. The molecule has 0 fully saturated rings. The Bertz CT molecular complexity index is 249. The molecule has 94 valence electrons. The van der Waals surface area contributed by atoms with Crippen LogP contribution in [0, 0.1) is 0 Å². The van der Waals surface area contributed by atoms with Gasteiger partial charge in [-0.15, -0.1) is 0 Å². The highest BCUT2D eigenvalue weighted by atomic mass is 32.2. The van der Waals surface area contributed by atoms with E-state index >= 15 is 0 Å². The Hall–Kier alpha value is -0.640. The van der Waals surface area contributed by atoms with Crippen LogP contribution >= 0.6 is 0 Å². The molecule has 3 nitrogen and oxygen atoms in total. The summed E-state index contributed by atoms with van der Waals surface area (Å²) in [4.78, 5) is 11.7. The van der Waals surface area contributed by atoms with E-state index in [0.29, 0.717) is 11.5 Å². The topological polar surface area (TPSA) is 43.4 Å². The fourth-order valence-corrected chi connectivity index (χ4v) is 2.15. The number of hydrogen-bond acceptors (Lipinski definition) is 3. The van der Waals surface area contributed by atoms with Gasteiger partial charge in [0.25, 0.3) is 0 Å². The molecule has 1 atom stereocenters. The standard InChI is InChI=1S/C12H22O3S/c1-4-6-7-8-9-11(3)16(14)10-12(13)15-5-2/h3-10H2,1-2H3. The lowest BCUT2D eigenvalue weighted by atomic mass is 10.1. The predicted octanol–water partition coefficient (Wildman–Crippen LogP) is 2.78. The van der Waals surface area contributed by atoms with E-state index in [1.165, 1.54) is 12.8 Å². The minimum absolute atomic E-state index is 0.0551. The maximum atomic E-state index is 11.6. The van der Waals surface area contributed by atoms with E-state index in [-0.39, 0.29) is 5.75 Å². The molecular formula is C12H22O3S. The van der Waals surface area contributed by atoms with Crippen molar-refractivity contribution in [1.82, 2.24) is 0 Å². The van der Waals surface area contributed by atoms with Crippen molar-refractivity contribution in [3.63, 3.8) is 0 Å². The number of carbonyl (C=O) groups excluding carboxylic acids is 1. The van der Waals surface area contributed by atoms with Gasteiger partial charge in [0.15, 0.2) is 0 Å². The van der Waals surface area contributed by atoms with E-state index in [1.54, 1.807) is 6.92 Å². The van der Waals surface area contributed by atoms with Crippen molar-refractivity contribution >= 4 is 16.8 Å². The smallest absolute Gasteiger partial charge is 0.318 e. The molecule has 1 unspecified atom stereocenters. The van der Waals surface area contributed by atoms with Gasteiger partial charge in [-0.2, -0.15) is 0 Å². The number of allylic oxidation sites excluding steroid dienone is 1. The van der Waals surface area contributed by atoms with Gasteiger partial charge in [0.2, 0.25) is 0 Å². The molecule has 0 bridgehead atoms. The third-order valence-electron chi connectivity index (χ3n) is 2.19. The van der Waals surface area contributed by atoms with Gasteiger partial charge in [-0.1, -0.05) is 32.8 Å². The van der Waals surface area contributed by atoms with Gasteiger partial charge in [0.05, 0.1) is 17.4 Å². The number of hydrogen-bond donors (Lipinski definition) is 0. The lowest BCUT2D eigenvalue weighted by molar-refractivity contribution is -0.139. The quantitative estimate of drug-likeness (QED) is 0.464. The Morgan fingerprint density at radius 1 is 1.25 bits per heavy atom. The maximum absolute atomic E-state index is 11.6. The Balaban J connectivity index is 3.73. The highest BCUT2D eigenvalue weighted by Gasteiger charge is 2.11. The van der Waals surface area contributed by atoms with E-state index in [0.717, 1.165) is 19.3 Å². The van der Waals surface area contributed by atoms with Crippen LogP contribution in [-0.4, -0.2) is 22.5 Å². The summed E-state index contributed by atoms with van der Waals surface area (Å²) >= 11 is 0. The predicted molar refractivity (Wildman–Crippen MR) is 67.5 cm³/mol. The molecule has 0 aromatic heterocycles. The summed E-state index contributed by atoms with van der Waals surface area (Å²) in [7, 11) is -1.27. The first-order valence-corrected chi connectivity index (χ1v) is 7.15. The third kappa shape index (κ3) is 7.63. The highest BCUT2D eigenvalue weighted by molar-refractivity contribution is 7.89. The summed E-state index contributed by atoms with van der Waals surface area (Å²) in [6.45, 7) is 7.97. The summed E-state index contributed by atoms with van der Waals surface area (Å²) in [5.41, 5.74) is 0. The first kappa shape index (κ1) is 15.4. The number of unbranched alkanes of at least 4 members (excludes halogenated alkanes) is 3. The van der Waals surface area contributed by atoms with E-state index in [4.69, 9.17) is 4.74 Å². The minimum atomic E-state index is -1.27. The molecule has 0 heterocycles. The maximum Gasteiger partial charge on any atom is 0.318 e. The Morgan fingerprint density at radius 2 is 1.94 bits per heavy atom. The van der Waals surface area contributed by atoms with Crippen molar-refractivity contribution in [2.24, 2.45) is 0 Å². The average Bonchev–Trinajstić information content (AvgIpc) is 2.24. The Labute approximate surface area is 101 Å². The molecule has 0 aliphatic carbocycles. The van der Waals surface area contributed by atoms with E-state index < -0.39 is 16.8 Å². The van der Waals surface area contributed by atoms with Crippen molar-refractivity contribution in [2.75, 3.05) is 12.4 Å². The van der Waals surface area contributed by atoms with Crippen LogP contribution in [0.2, 0.25) is 0 Å². The molecule has 0 aromatic carbocycles. The van der Waals surface area contributed by atoms with Gasteiger partial charge < -0.3 is 4.74 Å². The molecule has 0 aromatic rings. The molecule has 0 spiro atoms. The number of rotatable bonds is 9. The van der Waals surface area contributed by atoms with Gasteiger partial charge in [0.1, 0.15) is 5.75 Å². The lowest BCUT2D eigenvalue weighted by Gasteiger charge is -2.05. The second-order valence-corrected chi connectivity index (χ2v) is 5.20. The SMILES string of the molecule is C=C(CCCCCC)S(=O)CC(=O)OCC. The number of carbonyl (C=O) groups is 1. The first-order chi connectivity index (χ1) is 7.61. The summed E-state index contributed by atoms with van der Waals surface area (Å²) in [6.07, 6.45) is 5.25. The van der Waals surface area contributed by atoms with Crippen molar-refractivity contribution < 1.29 is 13.7 Å². The fourth-order valence-electron chi connectivity index (χ4n) is 1.27. The van der Waals surface area contributed by atoms with Gasteiger partial charge in [-0.3, -0.25) is 9.00 Å². The largest absolute Gasteiger partial charge is 0.465 e. The normalized spacial score (nSPS) is 12.1. The molecule has 4 heteroatoms. The molecule has 0 saturated carbocycles. The minimum Gasteiger partial charge on any atom is -0.465 e. The summed E-state index contributed by atoms with van der Waals surface area (Å²) in [5.74, 6) is -0.462. The van der Waals surface area contributed by atoms with Crippen molar-refractivity contribution in [3.05, 3.63) is 11.5 Å². The van der Waals surface area contributed by atoms with Crippen LogP contribution in [0.25, 0.3) is 0 Å². The molecule has 0 N–H and O–H groups in total. The second kappa shape index (κ2) is 9.58. The first-order valence-electron chi connectivity index (χ1n) is 5.83. The molecule has 0 radical (unpaired) electrons. The summed E-state index contributed by atoms with van der Waals surface area (Å²) in [6, 6.07) is 0. The molecule has 16 heavy (non-hydrogen) atoms. The molecule has 0 rings (SSSR count). The summed E-state index contributed by atoms with van der Waals surface area (Å²) < 4.78 is 16.3. The van der Waals surface area contributed by atoms with Gasteiger partial charge >= 0.3 is 5.97 Å². The van der Waals surface area contributed by atoms with E-state index in [9.17, 15) is 9.00 Å². The van der Waals surface area contributed by atoms with E-state index in [2.05, 4.69) is 13.5 Å². The van der Waals surface area contributed by atoms with Gasteiger partial charge in [0, 0.05) is 4.91 Å². The van der Waals surface area contributed by atoms with Crippen molar-refractivity contribution in [3.8, 4) is 0 Å². The number of esters is 1. The monoisotopic (exact) mass is 246 g/mol. The van der Waals surface area contributed by atoms with Crippen LogP contribution < -0.4 is 0 Å². The van der Waals surface area contributed by atoms with Crippen LogP contribution in [0.3, 0.4) is 0 Å². The molecular weight excluding hydrogens is 224 g/mol. The zero-order valence-electron chi connectivity index (χ0n) is 10.3. The average molecular weight is 246 g/mol. The van der Waals surface area contributed by atoms with Gasteiger partial charge in [-0.25, -0.2) is 0 Å². The molecule has 0 aliphatic heterocycles. The molecule has 0 aliphatic rings. The van der Waals surface area contributed by atoms with E-state index in [1.807, 2.05) is 0 Å². The number of ether oxygens (including phenoxy) is 1. The van der Waals surface area contributed by atoms with Gasteiger partial charge in [-0.05, 0) is 19.8 Å². The lowest BCUT2D eigenvalue weighted by Crippen LogP contribution is -2.14. The highest BCUT2D eigenvalue weighted by Crippen LogP contribution is 2.12. The Morgan fingerprint density at radius 3 is 2.50 bits per heavy atom. The van der Waals surface area contributed by atoms with Crippen LogP contribution in [0.5, 0.6) is 0 Å². The van der Waals surface area contributed by atoms with Crippen LogP contribution in [0.15, 0.2) is 11.5 Å². The van der Waals surface area contributed by atoms with Crippen LogP contribution in [0.1, 0.15) is 46.0 Å². The fraction of sp³-hybridized carbons (Fsp3) is 0.750. The van der Waals surface area contributed by atoms with Crippen LogP contribution in [-0.2, 0) is 20.3 Å². The summed E-state index contributed by atoms with van der Waals surface area (Å²) in [5, 5.41) is 0. The Kier molecular flexibility index (Phi) is 9.19. The molecule has 0 saturated heterocycles. The zero-order valence-corrected chi connectivity index (χ0v) is 11.1.